The van der Waals surface area contributed by atoms with E-state index in [1.807, 2.05) is 25.4 Å². The van der Waals surface area contributed by atoms with E-state index in [-0.39, 0.29) is 5.38 Å². The smallest absolute Gasteiger partial charge is 0.128 e. The van der Waals surface area contributed by atoms with Gasteiger partial charge in [0, 0.05) is 18.2 Å². The van der Waals surface area contributed by atoms with Crippen molar-refractivity contribution in [2.24, 2.45) is 0 Å². The maximum Gasteiger partial charge on any atom is 0.128 e. The van der Waals surface area contributed by atoms with Crippen LogP contribution in [0.15, 0.2) is 48.8 Å². The van der Waals surface area contributed by atoms with Crippen molar-refractivity contribution in [3.05, 3.63) is 60.2 Å². The number of nitrogens with zero attached hydrogens (tertiary/aromatic N) is 3. The van der Waals surface area contributed by atoms with Crippen LogP contribution in [-0.4, -0.2) is 14.5 Å². The fraction of sp³-hybridized carbons (Fsp3) is 0.294. The normalized spacial score (nSPS) is 22.4. The number of fused-ring (bicyclic) bond motifs is 1. The van der Waals surface area contributed by atoms with Gasteiger partial charge >= 0.3 is 0 Å². The van der Waals surface area contributed by atoms with Crippen LogP contribution in [0, 0.1) is 0 Å². The van der Waals surface area contributed by atoms with Crippen molar-refractivity contribution in [1.82, 2.24) is 14.5 Å². The van der Waals surface area contributed by atoms with Gasteiger partial charge in [-0.25, -0.2) is 4.98 Å². The average molecular weight is 298 g/mol. The molecule has 0 N–H and O–H groups in total. The number of halogens is 1. The van der Waals surface area contributed by atoms with E-state index in [9.17, 15) is 0 Å². The van der Waals surface area contributed by atoms with Gasteiger partial charge in [-0.3, -0.25) is 4.98 Å². The Labute approximate surface area is 128 Å². The van der Waals surface area contributed by atoms with Crippen LogP contribution in [0.5, 0.6) is 0 Å². The fourth-order valence-electron chi connectivity index (χ4n) is 3.12. The van der Waals surface area contributed by atoms with E-state index >= 15 is 0 Å². The summed E-state index contributed by atoms with van der Waals surface area (Å²) in [6.07, 6.45) is 4.78. The first-order chi connectivity index (χ1) is 10.3. The molecule has 0 bridgehead atoms. The molecular formula is C17H16ClN3. The summed E-state index contributed by atoms with van der Waals surface area (Å²) in [6, 6.07) is 13.2. The molecule has 1 aliphatic rings. The molecule has 21 heavy (non-hydrogen) atoms. The minimum atomic E-state index is -0.102. The lowest BCUT2D eigenvalue weighted by Crippen LogP contribution is -2.03. The van der Waals surface area contributed by atoms with E-state index in [1.165, 1.54) is 5.56 Å². The van der Waals surface area contributed by atoms with Gasteiger partial charge in [-0.1, -0.05) is 30.3 Å². The van der Waals surface area contributed by atoms with E-state index < -0.39 is 0 Å². The maximum absolute atomic E-state index is 6.34. The van der Waals surface area contributed by atoms with E-state index in [0.717, 1.165) is 23.3 Å². The summed E-state index contributed by atoms with van der Waals surface area (Å²) in [5.74, 6) is 1.51. The van der Waals surface area contributed by atoms with Gasteiger partial charge in [0.15, 0.2) is 0 Å². The topological polar surface area (TPSA) is 30.7 Å². The molecule has 1 aliphatic carbocycles. The predicted molar refractivity (Wildman–Crippen MR) is 84.6 cm³/mol. The Morgan fingerprint density at radius 3 is 2.81 bits per heavy atom. The predicted octanol–water partition coefficient (Wildman–Crippen LogP) is 4.46. The molecule has 2 aromatic heterocycles. The number of hydrogen-bond acceptors (Lipinski definition) is 2. The largest absolute Gasteiger partial charge is 0.323 e. The van der Waals surface area contributed by atoms with Gasteiger partial charge in [-0.2, -0.15) is 0 Å². The number of alkyl halides is 1. The Balaban J connectivity index is 1.79. The Morgan fingerprint density at radius 1 is 1.24 bits per heavy atom. The summed E-state index contributed by atoms with van der Waals surface area (Å²) in [5.41, 5.74) is 3.46. The zero-order valence-corrected chi connectivity index (χ0v) is 12.5. The first-order valence-corrected chi connectivity index (χ1v) is 7.70. The van der Waals surface area contributed by atoms with Crippen LogP contribution in [0.1, 0.15) is 42.1 Å². The second-order valence-electron chi connectivity index (χ2n) is 5.64. The molecule has 0 aliphatic heterocycles. The Morgan fingerprint density at radius 2 is 2.05 bits per heavy atom. The minimum absolute atomic E-state index is 0.102. The van der Waals surface area contributed by atoms with Crippen molar-refractivity contribution < 1.29 is 0 Å². The Bertz CT molecular complexity index is 779. The molecular weight excluding hydrogens is 282 g/mol. The average Bonchev–Trinajstić information content (AvgIpc) is 3.20. The Hall–Kier alpha value is -1.87. The van der Waals surface area contributed by atoms with Crippen molar-refractivity contribution >= 4 is 22.6 Å². The van der Waals surface area contributed by atoms with Crippen LogP contribution in [0.3, 0.4) is 0 Å². The second-order valence-corrected chi connectivity index (χ2v) is 6.30. The highest BCUT2D eigenvalue weighted by Crippen LogP contribution is 2.53. The molecule has 1 saturated carbocycles. The molecule has 3 atom stereocenters. The van der Waals surface area contributed by atoms with Gasteiger partial charge in [-0.05, 0) is 25.0 Å². The lowest BCUT2D eigenvalue weighted by Gasteiger charge is -2.10. The molecule has 4 heteroatoms. The summed E-state index contributed by atoms with van der Waals surface area (Å²) in [4.78, 5) is 8.83. The van der Waals surface area contributed by atoms with Gasteiger partial charge in [0.05, 0.1) is 17.1 Å². The van der Waals surface area contributed by atoms with Crippen molar-refractivity contribution in [3.63, 3.8) is 0 Å². The van der Waals surface area contributed by atoms with Crippen LogP contribution in [-0.2, 0) is 0 Å². The molecule has 4 rings (SSSR count). The molecule has 3 aromatic rings. The molecule has 1 fully saturated rings. The van der Waals surface area contributed by atoms with Crippen molar-refractivity contribution in [1.29, 1.82) is 0 Å². The second kappa shape index (κ2) is 4.85. The number of rotatable bonds is 3. The van der Waals surface area contributed by atoms with Gasteiger partial charge in [0.1, 0.15) is 11.3 Å². The van der Waals surface area contributed by atoms with Gasteiger partial charge in [0.2, 0.25) is 0 Å². The molecule has 1 aromatic carbocycles. The van der Waals surface area contributed by atoms with Crippen molar-refractivity contribution in [2.45, 2.75) is 30.7 Å². The molecule has 3 unspecified atom stereocenters. The van der Waals surface area contributed by atoms with Crippen LogP contribution < -0.4 is 0 Å². The molecule has 3 nitrogen and oxygen atoms in total. The molecule has 0 spiro atoms. The summed E-state index contributed by atoms with van der Waals surface area (Å²) < 4.78 is 2.31. The quantitative estimate of drug-likeness (QED) is 0.668. The highest BCUT2D eigenvalue weighted by Gasteiger charge is 2.42. The Kier molecular flexibility index (Phi) is 2.96. The molecule has 106 valence electrons. The maximum atomic E-state index is 6.34. The molecule has 0 radical (unpaired) electrons. The number of benzene rings is 1. The summed E-state index contributed by atoms with van der Waals surface area (Å²) in [5, 5.41) is -0.102. The molecule has 2 heterocycles. The van der Waals surface area contributed by atoms with E-state index in [2.05, 4.69) is 44.9 Å². The number of pyridine rings is 1. The molecule has 0 saturated heterocycles. The lowest BCUT2D eigenvalue weighted by molar-refractivity contribution is 0.682. The summed E-state index contributed by atoms with van der Waals surface area (Å²) in [6.45, 7) is 1.98. The highest BCUT2D eigenvalue weighted by molar-refractivity contribution is 6.20. The first kappa shape index (κ1) is 12.8. The van der Waals surface area contributed by atoms with Crippen LogP contribution in [0.25, 0.3) is 11.0 Å². The fourth-order valence-corrected chi connectivity index (χ4v) is 3.28. The first-order valence-electron chi connectivity index (χ1n) is 7.26. The minimum Gasteiger partial charge on any atom is -0.323 e. The van der Waals surface area contributed by atoms with Crippen molar-refractivity contribution in [3.8, 4) is 0 Å². The third-order valence-electron chi connectivity index (χ3n) is 4.19. The molecule has 0 amide bonds. The standard InChI is InChI=1S/C17H16ClN3/c1-11(18)17-20-14-10-19-8-7-15(14)21(17)16-9-13(16)12-5-3-2-4-6-12/h2-8,10-11,13,16H,9H2,1H3. The number of imidazole rings is 1. The van der Waals surface area contributed by atoms with Crippen LogP contribution in [0.2, 0.25) is 0 Å². The lowest BCUT2D eigenvalue weighted by atomic mass is 10.1. The van der Waals surface area contributed by atoms with E-state index in [1.54, 1.807) is 0 Å². The number of aromatic nitrogens is 3. The SMILES string of the molecule is CC(Cl)c1nc2cnccc2n1C1CC1c1ccccc1. The highest BCUT2D eigenvalue weighted by atomic mass is 35.5. The van der Waals surface area contributed by atoms with E-state index in [0.29, 0.717) is 12.0 Å². The van der Waals surface area contributed by atoms with Gasteiger partial charge < -0.3 is 4.57 Å². The zero-order valence-electron chi connectivity index (χ0n) is 11.8. The van der Waals surface area contributed by atoms with E-state index in [4.69, 9.17) is 11.6 Å². The number of hydrogen-bond donors (Lipinski definition) is 0. The summed E-state index contributed by atoms with van der Waals surface area (Å²) >= 11 is 6.34. The van der Waals surface area contributed by atoms with Crippen molar-refractivity contribution in [2.75, 3.05) is 0 Å². The van der Waals surface area contributed by atoms with Gasteiger partial charge in [0.25, 0.3) is 0 Å². The van der Waals surface area contributed by atoms with Gasteiger partial charge in [-0.15, -0.1) is 11.6 Å². The third kappa shape index (κ3) is 2.12. The summed E-state index contributed by atoms with van der Waals surface area (Å²) in [7, 11) is 0. The van der Waals surface area contributed by atoms with Crippen LogP contribution in [0.4, 0.5) is 0 Å². The third-order valence-corrected chi connectivity index (χ3v) is 4.39. The van der Waals surface area contributed by atoms with Crippen LogP contribution >= 0.6 is 11.6 Å². The zero-order chi connectivity index (χ0) is 14.4. The monoisotopic (exact) mass is 297 g/mol.